The molecule has 0 spiro atoms. The summed E-state index contributed by atoms with van der Waals surface area (Å²) in [6.07, 6.45) is -3.32. The van der Waals surface area contributed by atoms with Gasteiger partial charge >= 0.3 is 6.18 Å². The Morgan fingerprint density at radius 2 is 1.58 bits per heavy atom. The van der Waals surface area contributed by atoms with E-state index in [2.05, 4.69) is 15.3 Å². The van der Waals surface area contributed by atoms with Gasteiger partial charge in [0.25, 0.3) is 0 Å². The van der Waals surface area contributed by atoms with Crippen molar-refractivity contribution in [3.05, 3.63) is 22.8 Å². The van der Waals surface area contributed by atoms with E-state index in [0.717, 1.165) is 29.9 Å². The molecule has 0 bridgehead atoms. The third-order valence-corrected chi connectivity index (χ3v) is 2.88. The highest BCUT2D eigenvalue weighted by atomic mass is 19.4. The molecular weight excluding hydrogens is 255 g/mol. The van der Waals surface area contributed by atoms with Gasteiger partial charge in [0.05, 0.1) is 0 Å². The molecule has 6 heteroatoms. The quantitative estimate of drug-likeness (QED) is 0.866. The van der Waals surface area contributed by atoms with E-state index in [0.29, 0.717) is 12.8 Å². The topological polar surface area (TPSA) is 37.8 Å². The van der Waals surface area contributed by atoms with Gasteiger partial charge in [-0.2, -0.15) is 13.2 Å². The van der Waals surface area contributed by atoms with Gasteiger partial charge in [0.1, 0.15) is 12.2 Å². The molecule has 0 atom stereocenters. The number of hydrogen-bond donors (Lipinski definition) is 1. The van der Waals surface area contributed by atoms with E-state index in [-0.39, 0.29) is 5.82 Å². The first-order valence-electron chi connectivity index (χ1n) is 6.50. The third kappa shape index (κ3) is 4.78. The van der Waals surface area contributed by atoms with Crippen LogP contribution in [0.3, 0.4) is 0 Å². The predicted molar refractivity (Wildman–Crippen MR) is 68.2 cm³/mol. The minimum atomic E-state index is -4.26. The fourth-order valence-electron chi connectivity index (χ4n) is 2.02. The molecule has 0 fully saturated rings. The molecule has 1 heterocycles. The number of halogens is 3. The van der Waals surface area contributed by atoms with E-state index in [1.165, 1.54) is 0 Å². The van der Waals surface area contributed by atoms with Crippen LogP contribution in [0.4, 0.5) is 13.2 Å². The Kier molecular flexibility index (Phi) is 5.72. The number of alkyl halides is 3. The Balaban J connectivity index is 3.12. The zero-order valence-corrected chi connectivity index (χ0v) is 11.6. The standard InChI is InChI=1S/C13H20F3N3/c1-4-10-9(6-7-17-3)11(5-2)19-12(18-10)8-13(14,15)16/h17H,4-8H2,1-3H3. The SMILES string of the molecule is CCc1nc(CC(F)(F)F)nc(CC)c1CCNC. The van der Waals surface area contributed by atoms with Crippen molar-refractivity contribution < 1.29 is 13.2 Å². The van der Waals surface area contributed by atoms with Crippen molar-refractivity contribution in [1.82, 2.24) is 15.3 Å². The third-order valence-electron chi connectivity index (χ3n) is 2.88. The number of likely N-dealkylation sites (N-methyl/N-ethyl adjacent to an activating group) is 1. The summed E-state index contributed by atoms with van der Waals surface area (Å²) in [6.45, 7) is 4.58. The van der Waals surface area contributed by atoms with Crippen molar-refractivity contribution in [2.75, 3.05) is 13.6 Å². The van der Waals surface area contributed by atoms with E-state index in [1.807, 2.05) is 20.9 Å². The van der Waals surface area contributed by atoms with Gasteiger partial charge < -0.3 is 5.32 Å². The lowest BCUT2D eigenvalue weighted by Crippen LogP contribution is -2.19. The van der Waals surface area contributed by atoms with Crippen molar-refractivity contribution in [2.45, 2.75) is 45.7 Å². The van der Waals surface area contributed by atoms with Gasteiger partial charge in [0, 0.05) is 11.4 Å². The molecule has 0 saturated heterocycles. The maximum absolute atomic E-state index is 12.4. The molecule has 0 saturated carbocycles. The van der Waals surface area contributed by atoms with Gasteiger partial charge in [-0.25, -0.2) is 9.97 Å². The number of aromatic nitrogens is 2. The number of rotatable bonds is 6. The molecule has 1 aromatic heterocycles. The van der Waals surface area contributed by atoms with Crippen LogP contribution in [0.5, 0.6) is 0 Å². The molecule has 0 aliphatic rings. The zero-order valence-electron chi connectivity index (χ0n) is 11.6. The Morgan fingerprint density at radius 3 is 1.95 bits per heavy atom. The first-order chi connectivity index (χ1) is 8.91. The average molecular weight is 275 g/mol. The Bertz CT molecular complexity index is 391. The molecule has 1 aromatic rings. The second-order valence-electron chi connectivity index (χ2n) is 4.36. The monoisotopic (exact) mass is 275 g/mol. The van der Waals surface area contributed by atoms with Crippen LogP contribution in [-0.2, 0) is 25.7 Å². The van der Waals surface area contributed by atoms with Gasteiger partial charge in [-0.15, -0.1) is 0 Å². The maximum Gasteiger partial charge on any atom is 0.396 e. The first kappa shape index (κ1) is 15.9. The van der Waals surface area contributed by atoms with Gasteiger partial charge in [0.15, 0.2) is 0 Å². The lowest BCUT2D eigenvalue weighted by Gasteiger charge is -2.14. The fourth-order valence-corrected chi connectivity index (χ4v) is 2.02. The highest BCUT2D eigenvalue weighted by molar-refractivity contribution is 5.27. The zero-order chi connectivity index (χ0) is 14.5. The van der Waals surface area contributed by atoms with Crippen LogP contribution in [0.1, 0.15) is 36.6 Å². The first-order valence-corrected chi connectivity index (χ1v) is 6.50. The summed E-state index contributed by atoms with van der Waals surface area (Å²) >= 11 is 0. The van der Waals surface area contributed by atoms with Gasteiger partial charge in [0.2, 0.25) is 0 Å². The van der Waals surface area contributed by atoms with Crippen molar-refractivity contribution in [3.63, 3.8) is 0 Å². The molecule has 0 aliphatic heterocycles. The molecule has 1 N–H and O–H groups in total. The summed E-state index contributed by atoms with van der Waals surface area (Å²) in [5.41, 5.74) is 2.47. The molecule has 3 nitrogen and oxygen atoms in total. The van der Waals surface area contributed by atoms with Crippen molar-refractivity contribution in [2.24, 2.45) is 0 Å². The lowest BCUT2D eigenvalue weighted by molar-refractivity contribution is -0.128. The van der Waals surface area contributed by atoms with Gasteiger partial charge in [-0.3, -0.25) is 0 Å². The minimum absolute atomic E-state index is 0.116. The normalized spacial score (nSPS) is 11.9. The number of hydrogen-bond acceptors (Lipinski definition) is 3. The summed E-state index contributed by atoms with van der Waals surface area (Å²) in [6, 6.07) is 0. The second kappa shape index (κ2) is 6.84. The summed E-state index contributed by atoms with van der Waals surface area (Å²) in [4.78, 5) is 8.16. The molecular formula is C13H20F3N3. The maximum atomic E-state index is 12.4. The molecule has 0 aromatic carbocycles. The van der Waals surface area contributed by atoms with Crippen LogP contribution in [0.2, 0.25) is 0 Å². The molecule has 0 aliphatic carbocycles. The largest absolute Gasteiger partial charge is 0.396 e. The lowest BCUT2D eigenvalue weighted by atomic mass is 10.0. The minimum Gasteiger partial charge on any atom is -0.319 e. The smallest absolute Gasteiger partial charge is 0.319 e. The molecule has 0 amide bonds. The van der Waals surface area contributed by atoms with Crippen LogP contribution >= 0.6 is 0 Å². The number of nitrogens with one attached hydrogen (secondary N) is 1. The Labute approximate surface area is 111 Å². The van der Waals surface area contributed by atoms with Crippen LogP contribution in [-0.4, -0.2) is 29.7 Å². The molecule has 0 radical (unpaired) electrons. The predicted octanol–water partition coefficient (Wildman–Crippen LogP) is 2.47. The number of nitrogens with zero attached hydrogens (tertiary/aromatic N) is 2. The van der Waals surface area contributed by atoms with E-state index in [4.69, 9.17) is 0 Å². The Morgan fingerprint density at radius 1 is 1.05 bits per heavy atom. The Hall–Kier alpha value is -1.17. The number of aryl methyl sites for hydroxylation is 2. The summed E-state index contributed by atoms with van der Waals surface area (Å²) < 4.78 is 37.3. The molecule has 108 valence electrons. The van der Waals surface area contributed by atoms with E-state index >= 15 is 0 Å². The summed E-state index contributed by atoms with van der Waals surface area (Å²) in [7, 11) is 1.84. The van der Waals surface area contributed by atoms with Crippen LogP contribution < -0.4 is 5.32 Å². The van der Waals surface area contributed by atoms with Crippen LogP contribution in [0.25, 0.3) is 0 Å². The second-order valence-corrected chi connectivity index (χ2v) is 4.36. The van der Waals surface area contributed by atoms with Crippen molar-refractivity contribution in [3.8, 4) is 0 Å². The van der Waals surface area contributed by atoms with Crippen LogP contribution in [0, 0.1) is 0 Å². The highest BCUT2D eigenvalue weighted by Gasteiger charge is 2.30. The highest BCUT2D eigenvalue weighted by Crippen LogP contribution is 2.21. The molecule has 19 heavy (non-hydrogen) atoms. The molecule has 1 rings (SSSR count). The van der Waals surface area contributed by atoms with Crippen molar-refractivity contribution in [1.29, 1.82) is 0 Å². The van der Waals surface area contributed by atoms with E-state index in [9.17, 15) is 13.2 Å². The van der Waals surface area contributed by atoms with Gasteiger partial charge in [-0.1, -0.05) is 13.8 Å². The van der Waals surface area contributed by atoms with E-state index in [1.54, 1.807) is 0 Å². The van der Waals surface area contributed by atoms with Crippen molar-refractivity contribution >= 4 is 0 Å². The van der Waals surface area contributed by atoms with Crippen LogP contribution in [0.15, 0.2) is 0 Å². The fraction of sp³-hybridized carbons (Fsp3) is 0.692. The molecule has 0 unspecified atom stereocenters. The van der Waals surface area contributed by atoms with Gasteiger partial charge in [-0.05, 0) is 38.4 Å². The average Bonchev–Trinajstić information content (AvgIpc) is 2.34. The van der Waals surface area contributed by atoms with E-state index < -0.39 is 12.6 Å². The summed E-state index contributed by atoms with van der Waals surface area (Å²) in [5.74, 6) is -0.116. The summed E-state index contributed by atoms with van der Waals surface area (Å²) in [5, 5.41) is 3.04.